The molecule has 1 saturated heterocycles. The van der Waals surface area contributed by atoms with E-state index in [0.717, 1.165) is 21.3 Å². The number of ether oxygens (including phenoxy) is 2. The molecule has 208 valence electrons. The summed E-state index contributed by atoms with van der Waals surface area (Å²) in [4.78, 5) is 17.3. The van der Waals surface area contributed by atoms with Crippen LogP contribution < -0.4 is 15.7 Å². The molecule has 0 amide bonds. The number of rotatable bonds is 9. The molecule has 3 N–H and O–H groups in total. The lowest BCUT2D eigenvalue weighted by Crippen LogP contribution is -2.47. The van der Waals surface area contributed by atoms with Gasteiger partial charge >= 0.3 is 5.69 Å². The zero-order chi connectivity index (χ0) is 28.3. The van der Waals surface area contributed by atoms with E-state index in [-0.39, 0.29) is 5.82 Å². The van der Waals surface area contributed by atoms with Crippen LogP contribution in [-0.4, -0.2) is 58.0 Å². The van der Waals surface area contributed by atoms with Crippen LogP contribution in [0.2, 0.25) is 0 Å². The van der Waals surface area contributed by atoms with Crippen LogP contribution >= 0.6 is 0 Å². The lowest BCUT2D eigenvalue weighted by molar-refractivity contribution is -0.138. The van der Waals surface area contributed by atoms with Crippen molar-refractivity contribution in [1.82, 2.24) is 9.55 Å². The van der Waals surface area contributed by atoms with E-state index in [9.17, 15) is 23.8 Å². The second-order valence-corrected chi connectivity index (χ2v) is 9.59. The Kier molecular flexibility index (Phi) is 7.66. The molecule has 1 aromatic heterocycles. The van der Waals surface area contributed by atoms with Crippen molar-refractivity contribution < 1.29 is 28.5 Å². The van der Waals surface area contributed by atoms with E-state index in [4.69, 9.17) is 9.47 Å². The quantitative estimate of drug-likeness (QED) is 0.274. The van der Waals surface area contributed by atoms with Crippen molar-refractivity contribution in [2.45, 2.75) is 29.6 Å². The fourth-order valence-electron chi connectivity index (χ4n) is 5.12. The molecule has 1 aliphatic heterocycles. The van der Waals surface area contributed by atoms with E-state index in [0.29, 0.717) is 5.75 Å². The first-order chi connectivity index (χ1) is 19.4. The summed E-state index contributed by atoms with van der Waals surface area (Å²) in [6.45, 7) is -2.29. The smallest absolute Gasteiger partial charge is 0.351 e. The molecule has 0 spiro atoms. The molecule has 0 bridgehead atoms. The lowest BCUT2D eigenvalue weighted by atomic mass is 9.77. The minimum absolute atomic E-state index is 0.178. The number of anilines is 1. The van der Waals surface area contributed by atoms with Gasteiger partial charge in [-0.15, -0.1) is 0 Å². The van der Waals surface area contributed by atoms with E-state index >= 15 is 0 Å². The number of aliphatic hydroxyl groups excluding tert-OH is 2. The highest BCUT2D eigenvalue weighted by Crippen LogP contribution is 2.41. The van der Waals surface area contributed by atoms with Gasteiger partial charge in [0.25, 0.3) is 0 Å². The fraction of sp³-hybridized carbons (Fsp3) is 0.267. The van der Waals surface area contributed by atoms with Crippen molar-refractivity contribution in [3.63, 3.8) is 0 Å². The molecule has 8 nitrogen and oxygen atoms in total. The molecule has 1 aliphatic rings. The van der Waals surface area contributed by atoms with Crippen molar-refractivity contribution in [1.29, 1.82) is 0 Å². The normalized spacial score (nSPS) is 22.7. The number of hydrogen-bond donors (Lipinski definition) is 3. The van der Waals surface area contributed by atoms with Crippen LogP contribution in [0.5, 0.6) is 5.75 Å². The number of hydrogen-bond acceptors (Lipinski definition) is 7. The first-order valence-electron chi connectivity index (χ1n) is 12.7. The zero-order valence-electron chi connectivity index (χ0n) is 21.7. The van der Waals surface area contributed by atoms with Gasteiger partial charge in [0.2, 0.25) is 0 Å². The van der Waals surface area contributed by atoms with Crippen LogP contribution in [0.25, 0.3) is 0 Å². The van der Waals surface area contributed by atoms with Crippen LogP contribution in [-0.2, 0) is 10.3 Å². The first-order valence-corrected chi connectivity index (χ1v) is 12.7. The average molecular weight is 550 g/mol. The number of nitrogens with one attached hydrogen (secondary N) is 1. The molecule has 1 fully saturated rings. The molecule has 10 heteroatoms. The molecule has 0 saturated carbocycles. The van der Waals surface area contributed by atoms with Crippen molar-refractivity contribution >= 4 is 5.82 Å². The summed E-state index contributed by atoms with van der Waals surface area (Å²) in [5.74, 6) is 0.851. The minimum Gasteiger partial charge on any atom is -0.497 e. The largest absolute Gasteiger partial charge is 0.497 e. The molecule has 4 aromatic rings. The number of benzene rings is 3. The SMILES string of the molecule is COc1ccc(C(Nc2ccn([C@@H]3O[C@@](CO)(CF)[C@@H](O)[C@H]3F)c(=O)n2)(c2ccccc2)c2ccccc2)cc1. The van der Waals surface area contributed by atoms with E-state index in [2.05, 4.69) is 10.3 Å². The highest BCUT2D eigenvalue weighted by Gasteiger charge is 2.56. The summed E-state index contributed by atoms with van der Waals surface area (Å²) in [6, 6.07) is 28.3. The summed E-state index contributed by atoms with van der Waals surface area (Å²) in [5.41, 5.74) is -1.51. The maximum Gasteiger partial charge on any atom is 0.351 e. The van der Waals surface area contributed by atoms with Crippen molar-refractivity contribution in [2.75, 3.05) is 25.7 Å². The van der Waals surface area contributed by atoms with Gasteiger partial charge in [0.1, 0.15) is 29.9 Å². The van der Waals surface area contributed by atoms with E-state index < -0.39 is 48.6 Å². The lowest BCUT2D eigenvalue weighted by Gasteiger charge is -2.37. The molecule has 0 unspecified atom stereocenters. The Bertz CT molecular complexity index is 1440. The molecule has 3 aromatic carbocycles. The third kappa shape index (κ3) is 4.64. The summed E-state index contributed by atoms with van der Waals surface area (Å²) in [6.07, 6.45) is -4.52. The monoisotopic (exact) mass is 549 g/mol. The molecule has 40 heavy (non-hydrogen) atoms. The van der Waals surface area contributed by atoms with Crippen LogP contribution in [0.15, 0.2) is 102 Å². The van der Waals surface area contributed by atoms with Gasteiger partial charge < -0.3 is 25.0 Å². The van der Waals surface area contributed by atoms with E-state index in [1.165, 1.54) is 12.3 Å². The number of nitrogens with zero attached hydrogens (tertiary/aromatic N) is 2. The maximum atomic E-state index is 14.9. The molecule has 0 aliphatic carbocycles. The Morgan fingerprint density at radius 1 is 1.00 bits per heavy atom. The Morgan fingerprint density at radius 3 is 2.05 bits per heavy atom. The Morgan fingerprint density at radius 2 is 1.57 bits per heavy atom. The van der Waals surface area contributed by atoms with Gasteiger partial charge in [-0.25, -0.2) is 13.6 Å². The van der Waals surface area contributed by atoms with Crippen molar-refractivity contribution in [3.05, 3.63) is 124 Å². The summed E-state index contributed by atoms with van der Waals surface area (Å²) >= 11 is 0. The van der Waals surface area contributed by atoms with Gasteiger partial charge in [-0.1, -0.05) is 72.8 Å². The third-order valence-electron chi connectivity index (χ3n) is 7.32. The Hall–Kier alpha value is -4.12. The number of aromatic nitrogens is 2. The van der Waals surface area contributed by atoms with Crippen LogP contribution in [0.3, 0.4) is 0 Å². The standard InChI is InChI=1S/C30H29F2N3O5/c1-39-23-14-12-22(13-15-23)30(20-8-4-2-5-9-20,21-10-6-3-7-11-21)34-24-16-17-35(28(38)33-24)27-25(32)26(37)29(18-31,19-36)40-27/h2-17,25-27,36-37H,18-19H2,1H3,(H,33,34,38)/t25-,26+,27-,29-/m1/s1. The second kappa shape index (κ2) is 11.2. The number of aliphatic hydroxyl groups is 2. The van der Waals surface area contributed by atoms with Gasteiger partial charge in [0.05, 0.1) is 13.7 Å². The van der Waals surface area contributed by atoms with Gasteiger partial charge in [0, 0.05) is 6.20 Å². The third-order valence-corrected chi connectivity index (χ3v) is 7.32. The van der Waals surface area contributed by atoms with Gasteiger partial charge in [0.15, 0.2) is 18.0 Å². The van der Waals surface area contributed by atoms with Crippen LogP contribution in [0.1, 0.15) is 22.9 Å². The van der Waals surface area contributed by atoms with E-state index in [1.54, 1.807) is 7.11 Å². The maximum absolute atomic E-state index is 14.9. The van der Waals surface area contributed by atoms with Gasteiger partial charge in [-0.2, -0.15) is 4.98 Å². The summed E-state index contributed by atoms with van der Waals surface area (Å²) < 4.78 is 40.1. The van der Waals surface area contributed by atoms with Crippen LogP contribution in [0, 0.1) is 0 Å². The highest BCUT2D eigenvalue weighted by molar-refractivity contribution is 5.58. The van der Waals surface area contributed by atoms with E-state index in [1.807, 2.05) is 84.9 Å². The molecule has 4 atom stereocenters. The fourth-order valence-corrected chi connectivity index (χ4v) is 5.12. The molecule has 5 rings (SSSR count). The predicted molar refractivity (Wildman–Crippen MR) is 145 cm³/mol. The topological polar surface area (TPSA) is 106 Å². The number of halogens is 2. The van der Waals surface area contributed by atoms with Gasteiger partial charge in [-0.3, -0.25) is 4.57 Å². The van der Waals surface area contributed by atoms with Crippen molar-refractivity contribution in [3.8, 4) is 5.75 Å². The summed E-state index contributed by atoms with van der Waals surface area (Å²) in [5, 5.41) is 23.2. The molecule has 2 heterocycles. The highest BCUT2D eigenvalue weighted by atomic mass is 19.1. The zero-order valence-corrected chi connectivity index (χ0v) is 21.7. The van der Waals surface area contributed by atoms with Crippen LogP contribution in [0.4, 0.5) is 14.6 Å². The van der Waals surface area contributed by atoms with Gasteiger partial charge in [-0.05, 0) is 34.9 Å². The average Bonchev–Trinajstić information content (AvgIpc) is 3.26. The molecular formula is C30H29F2N3O5. The number of alkyl halides is 2. The number of methoxy groups -OCH3 is 1. The molecule has 0 radical (unpaired) electrons. The summed E-state index contributed by atoms with van der Waals surface area (Å²) in [7, 11) is 1.58. The predicted octanol–water partition coefficient (Wildman–Crippen LogP) is 3.58. The first kappa shape index (κ1) is 27.4. The minimum atomic E-state index is -2.16. The Labute approximate surface area is 229 Å². The molecular weight excluding hydrogens is 520 g/mol. The Balaban J connectivity index is 1.61. The second-order valence-electron chi connectivity index (χ2n) is 9.59. The van der Waals surface area contributed by atoms with Crippen molar-refractivity contribution in [2.24, 2.45) is 0 Å².